The average Bonchev–Trinajstić information content (AvgIpc) is 2.49. The molecular weight excluding hydrogens is 193 g/mol. The Morgan fingerprint density at radius 3 is 2.07 bits per heavy atom. The molecule has 1 nitrogen and oxygen atoms in total. The van der Waals surface area contributed by atoms with Crippen molar-refractivity contribution in [3.63, 3.8) is 0 Å². The Labute approximate surface area is 81.9 Å². The SMILES string of the molecule is CC.CCc1cc(C)oc1C(F)(F)F. The van der Waals surface area contributed by atoms with E-state index in [1.807, 2.05) is 13.8 Å². The van der Waals surface area contributed by atoms with Crippen LogP contribution in [-0.2, 0) is 12.6 Å². The zero-order chi connectivity index (χ0) is 11.4. The summed E-state index contributed by atoms with van der Waals surface area (Å²) >= 11 is 0. The first-order chi connectivity index (χ1) is 6.45. The van der Waals surface area contributed by atoms with E-state index in [-0.39, 0.29) is 5.56 Å². The van der Waals surface area contributed by atoms with Gasteiger partial charge in [-0.15, -0.1) is 0 Å². The summed E-state index contributed by atoms with van der Waals surface area (Å²) in [4.78, 5) is 0. The molecule has 0 fully saturated rings. The van der Waals surface area contributed by atoms with Crippen LogP contribution in [0.2, 0.25) is 0 Å². The summed E-state index contributed by atoms with van der Waals surface area (Å²) < 4.78 is 41.0. The van der Waals surface area contributed by atoms with Gasteiger partial charge in [0.15, 0.2) is 0 Å². The van der Waals surface area contributed by atoms with E-state index in [1.165, 1.54) is 13.0 Å². The third kappa shape index (κ3) is 3.09. The highest BCUT2D eigenvalue weighted by Gasteiger charge is 2.37. The topological polar surface area (TPSA) is 13.1 Å². The van der Waals surface area contributed by atoms with Gasteiger partial charge in [-0.05, 0) is 19.4 Å². The largest absolute Gasteiger partial charge is 0.457 e. The van der Waals surface area contributed by atoms with Crippen molar-refractivity contribution >= 4 is 0 Å². The van der Waals surface area contributed by atoms with E-state index < -0.39 is 11.9 Å². The van der Waals surface area contributed by atoms with Crippen molar-refractivity contribution in [2.24, 2.45) is 0 Å². The van der Waals surface area contributed by atoms with Crippen molar-refractivity contribution in [1.29, 1.82) is 0 Å². The zero-order valence-electron chi connectivity index (χ0n) is 8.83. The summed E-state index contributed by atoms with van der Waals surface area (Å²) in [5.41, 5.74) is 0.222. The molecule has 0 aliphatic rings. The fraction of sp³-hybridized carbons (Fsp3) is 0.600. The van der Waals surface area contributed by atoms with E-state index in [2.05, 4.69) is 4.42 Å². The van der Waals surface area contributed by atoms with Crippen LogP contribution in [0.1, 0.15) is 37.9 Å². The van der Waals surface area contributed by atoms with Gasteiger partial charge >= 0.3 is 6.18 Å². The Kier molecular flexibility index (Phi) is 4.74. The first kappa shape index (κ1) is 13.1. The van der Waals surface area contributed by atoms with Gasteiger partial charge in [-0.2, -0.15) is 13.2 Å². The average molecular weight is 208 g/mol. The predicted molar refractivity (Wildman–Crippen MR) is 49.2 cm³/mol. The Morgan fingerprint density at radius 1 is 1.29 bits per heavy atom. The molecule has 0 spiro atoms. The van der Waals surface area contributed by atoms with Crippen LogP contribution >= 0.6 is 0 Å². The van der Waals surface area contributed by atoms with Gasteiger partial charge in [0.05, 0.1) is 0 Å². The molecule has 0 radical (unpaired) electrons. The van der Waals surface area contributed by atoms with E-state index in [9.17, 15) is 13.2 Å². The fourth-order valence-corrected chi connectivity index (χ4v) is 1.07. The first-order valence-electron chi connectivity index (χ1n) is 4.61. The maximum absolute atomic E-state index is 12.2. The third-order valence-corrected chi connectivity index (χ3v) is 1.57. The zero-order valence-corrected chi connectivity index (χ0v) is 8.83. The summed E-state index contributed by atoms with van der Waals surface area (Å²) in [6.45, 7) is 7.17. The number of aryl methyl sites for hydroxylation is 2. The van der Waals surface area contributed by atoms with Gasteiger partial charge in [0.25, 0.3) is 0 Å². The number of hydrogen-bond donors (Lipinski definition) is 0. The molecule has 0 unspecified atom stereocenters. The minimum absolute atomic E-state index is 0.222. The molecule has 4 heteroatoms. The Morgan fingerprint density at radius 2 is 1.79 bits per heavy atom. The summed E-state index contributed by atoms with van der Waals surface area (Å²) in [5, 5.41) is 0. The molecule has 0 aliphatic carbocycles. The van der Waals surface area contributed by atoms with Crippen LogP contribution in [0, 0.1) is 6.92 Å². The highest BCUT2D eigenvalue weighted by molar-refractivity contribution is 5.23. The molecule has 0 amide bonds. The molecule has 0 saturated heterocycles. The lowest BCUT2D eigenvalue weighted by molar-refractivity contribution is -0.154. The normalized spacial score (nSPS) is 10.8. The number of hydrogen-bond acceptors (Lipinski definition) is 1. The van der Waals surface area contributed by atoms with Gasteiger partial charge in [-0.3, -0.25) is 0 Å². The molecule has 1 heterocycles. The van der Waals surface area contributed by atoms with Crippen molar-refractivity contribution in [3.05, 3.63) is 23.2 Å². The molecule has 0 bridgehead atoms. The third-order valence-electron chi connectivity index (χ3n) is 1.57. The molecule has 1 aromatic rings. The molecule has 0 saturated carbocycles. The second-order valence-corrected chi connectivity index (χ2v) is 2.56. The van der Waals surface area contributed by atoms with Gasteiger partial charge < -0.3 is 4.42 Å². The maximum atomic E-state index is 12.2. The van der Waals surface area contributed by atoms with Crippen molar-refractivity contribution in [2.75, 3.05) is 0 Å². The van der Waals surface area contributed by atoms with Crippen molar-refractivity contribution in [3.8, 4) is 0 Å². The summed E-state index contributed by atoms with van der Waals surface area (Å²) in [7, 11) is 0. The minimum atomic E-state index is -4.36. The summed E-state index contributed by atoms with van der Waals surface area (Å²) in [6.07, 6.45) is -4.02. The van der Waals surface area contributed by atoms with Crippen LogP contribution in [0.4, 0.5) is 13.2 Å². The van der Waals surface area contributed by atoms with Crippen molar-refractivity contribution in [2.45, 2.75) is 40.3 Å². The van der Waals surface area contributed by atoms with Crippen LogP contribution in [0.15, 0.2) is 10.5 Å². The Bertz CT molecular complexity index is 273. The van der Waals surface area contributed by atoms with Crippen LogP contribution in [-0.4, -0.2) is 0 Å². The van der Waals surface area contributed by atoms with E-state index in [1.54, 1.807) is 6.92 Å². The van der Waals surface area contributed by atoms with E-state index in [0.29, 0.717) is 12.2 Å². The van der Waals surface area contributed by atoms with E-state index >= 15 is 0 Å². The smallest absolute Gasteiger partial charge is 0.449 e. The second kappa shape index (κ2) is 5.08. The van der Waals surface area contributed by atoms with Crippen LogP contribution in [0.5, 0.6) is 0 Å². The molecule has 0 atom stereocenters. The van der Waals surface area contributed by atoms with Crippen molar-refractivity contribution < 1.29 is 17.6 Å². The number of alkyl halides is 3. The van der Waals surface area contributed by atoms with Gasteiger partial charge in [0, 0.05) is 5.56 Å². The predicted octanol–water partition coefficient (Wildman–Crippen LogP) is 4.20. The maximum Gasteiger partial charge on any atom is 0.449 e. The molecule has 0 N–H and O–H groups in total. The molecule has 82 valence electrons. The molecular formula is C10H15F3O. The highest BCUT2D eigenvalue weighted by atomic mass is 19.4. The number of furan rings is 1. The molecule has 0 aliphatic heterocycles. The number of rotatable bonds is 1. The van der Waals surface area contributed by atoms with E-state index in [0.717, 1.165) is 0 Å². The van der Waals surface area contributed by atoms with Gasteiger partial charge in [-0.1, -0.05) is 20.8 Å². The summed E-state index contributed by atoms with van der Waals surface area (Å²) in [5.74, 6) is -0.554. The van der Waals surface area contributed by atoms with E-state index in [4.69, 9.17) is 0 Å². The van der Waals surface area contributed by atoms with Gasteiger partial charge in [0.2, 0.25) is 5.76 Å². The van der Waals surface area contributed by atoms with Crippen LogP contribution < -0.4 is 0 Å². The first-order valence-corrected chi connectivity index (χ1v) is 4.61. The second-order valence-electron chi connectivity index (χ2n) is 2.56. The summed E-state index contributed by atoms with van der Waals surface area (Å²) in [6, 6.07) is 1.42. The lowest BCUT2D eigenvalue weighted by atomic mass is 10.2. The van der Waals surface area contributed by atoms with Gasteiger partial charge in [0.1, 0.15) is 5.76 Å². The highest BCUT2D eigenvalue weighted by Crippen LogP contribution is 2.34. The minimum Gasteiger partial charge on any atom is -0.457 e. The number of halogens is 3. The monoisotopic (exact) mass is 208 g/mol. The molecule has 1 rings (SSSR count). The Balaban J connectivity index is 0.000000791. The van der Waals surface area contributed by atoms with Crippen molar-refractivity contribution in [1.82, 2.24) is 0 Å². The lowest BCUT2D eigenvalue weighted by Crippen LogP contribution is -2.05. The molecule has 1 aromatic heterocycles. The Hall–Kier alpha value is -0.930. The standard InChI is InChI=1S/C8H9F3O.C2H6/c1-3-6-4-5(2)12-7(6)8(9,10)11;1-2/h4H,3H2,1-2H3;1-2H3. The fourth-order valence-electron chi connectivity index (χ4n) is 1.07. The van der Waals surface area contributed by atoms with Crippen LogP contribution in [0.25, 0.3) is 0 Å². The quantitative estimate of drug-likeness (QED) is 0.674. The van der Waals surface area contributed by atoms with Crippen LogP contribution in [0.3, 0.4) is 0 Å². The molecule has 0 aromatic carbocycles. The van der Waals surface area contributed by atoms with Gasteiger partial charge in [-0.25, -0.2) is 0 Å². The molecule has 14 heavy (non-hydrogen) atoms. The lowest BCUT2D eigenvalue weighted by Gasteiger charge is -2.03.